The van der Waals surface area contributed by atoms with Crippen LogP contribution in [0, 0.1) is 5.92 Å². The molecule has 0 unspecified atom stereocenters. The van der Waals surface area contributed by atoms with E-state index >= 15 is 0 Å². The van der Waals surface area contributed by atoms with Crippen molar-refractivity contribution >= 4 is 17.3 Å². The number of rotatable bonds is 6. The van der Waals surface area contributed by atoms with Gasteiger partial charge >= 0.3 is 5.97 Å². The van der Waals surface area contributed by atoms with Crippen molar-refractivity contribution in [3.8, 4) is 0 Å². The molecule has 90 valence electrons. The minimum absolute atomic E-state index is 0.177. The molecule has 0 bridgehead atoms. The summed E-state index contributed by atoms with van der Waals surface area (Å²) in [5.41, 5.74) is 0. The number of ether oxygens (including phenoxy) is 1. The normalized spacial score (nSPS) is 10.8. The predicted molar refractivity (Wildman–Crippen MR) is 66.6 cm³/mol. The van der Waals surface area contributed by atoms with E-state index in [1.807, 2.05) is 6.07 Å². The number of carbonyl (C=O) groups excluding carboxylic acids is 1. The van der Waals surface area contributed by atoms with Gasteiger partial charge in [0, 0.05) is 16.3 Å². The van der Waals surface area contributed by atoms with Crippen molar-refractivity contribution in [2.45, 2.75) is 26.8 Å². The Morgan fingerprint density at radius 1 is 1.44 bits per heavy atom. The number of thiophene rings is 1. The zero-order valence-corrected chi connectivity index (χ0v) is 10.9. The summed E-state index contributed by atoms with van der Waals surface area (Å²) >= 11 is 1.66. The highest BCUT2D eigenvalue weighted by Crippen LogP contribution is 2.17. The second-order valence-electron chi connectivity index (χ2n) is 4.15. The Kier molecular flexibility index (Phi) is 5.49. The molecule has 1 aromatic heterocycles. The second-order valence-corrected chi connectivity index (χ2v) is 5.40. The Labute approximate surface area is 101 Å². The molecule has 0 saturated heterocycles. The number of carbonyl (C=O) groups is 1. The highest BCUT2D eigenvalue weighted by Gasteiger charge is 2.06. The van der Waals surface area contributed by atoms with Gasteiger partial charge in [-0.15, -0.1) is 11.3 Å². The highest BCUT2D eigenvalue weighted by atomic mass is 32.1. The summed E-state index contributed by atoms with van der Waals surface area (Å²) in [6.45, 7) is 6.27. The first kappa shape index (κ1) is 13.2. The monoisotopic (exact) mass is 241 g/mol. The van der Waals surface area contributed by atoms with Crippen LogP contribution in [0.4, 0.5) is 0 Å². The summed E-state index contributed by atoms with van der Waals surface area (Å²) in [5.74, 6) is 0.484. The fraction of sp³-hybridized carbons (Fsp3) is 0.583. The van der Waals surface area contributed by atoms with E-state index in [2.05, 4.69) is 30.0 Å². The average Bonchev–Trinajstić information content (AvgIpc) is 2.65. The molecule has 4 heteroatoms. The lowest BCUT2D eigenvalue weighted by molar-refractivity contribution is -0.139. The molecule has 1 aromatic rings. The fourth-order valence-electron chi connectivity index (χ4n) is 1.31. The molecular weight excluding hydrogens is 222 g/mol. The summed E-state index contributed by atoms with van der Waals surface area (Å²) < 4.78 is 4.63. The van der Waals surface area contributed by atoms with Gasteiger partial charge in [0.05, 0.1) is 13.5 Å². The van der Waals surface area contributed by atoms with E-state index in [1.54, 1.807) is 11.3 Å². The first-order valence-electron chi connectivity index (χ1n) is 5.47. The Bertz CT molecular complexity index is 334. The Morgan fingerprint density at radius 2 is 2.12 bits per heavy atom. The Hall–Kier alpha value is -0.870. The van der Waals surface area contributed by atoms with Gasteiger partial charge in [0.1, 0.15) is 0 Å². The van der Waals surface area contributed by atoms with Crippen LogP contribution in [0.25, 0.3) is 0 Å². The number of methoxy groups -OCH3 is 1. The van der Waals surface area contributed by atoms with Crippen LogP contribution in [0.2, 0.25) is 0 Å². The Balaban J connectivity index is 2.36. The van der Waals surface area contributed by atoms with Gasteiger partial charge in [-0.05, 0) is 24.6 Å². The van der Waals surface area contributed by atoms with E-state index in [-0.39, 0.29) is 5.97 Å². The van der Waals surface area contributed by atoms with Gasteiger partial charge in [0.2, 0.25) is 0 Å². The van der Waals surface area contributed by atoms with Gasteiger partial charge in [-0.1, -0.05) is 13.8 Å². The molecular formula is C12H19NO2S. The minimum Gasteiger partial charge on any atom is -0.469 e. The lowest BCUT2D eigenvalue weighted by Gasteiger charge is -2.05. The summed E-state index contributed by atoms with van der Waals surface area (Å²) in [6, 6.07) is 4.06. The van der Waals surface area contributed by atoms with Gasteiger partial charge in [-0.2, -0.15) is 0 Å². The average molecular weight is 241 g/mol. The van der Waals surface area contributed by atoms with Crippen LogP contribution in [0.3, 0.4) is 0 Å². The Morgan fingerprint density at radius 3 is 2.75 bits per heavy atom. The second kappa shape index (κ2) is 6.66. The van der Waals surface area contributed by atoms with Crippen LogP contribution in [0.1, 0.15) is 23.6 Å². The number of hydrogen-bond acceptors (Lipinski definition) is 4. The van der Waals surface area contributed by atoms with Gasteiger partial charge < -0.3 is 10.1 Å². The quantitative estimate of drug-likeness (QED) is 0.776. The van der Waals surface area contributed by atoms with Crippen LogP contribution < -0.4 is 5.32 Å². The molecule has 0 radical (unpaired) electrons. The zero-order valence-electron chi connectivity index (χ0n) is 10.1. The van der Waals surface area contributed by atoms with E-state index < -0.39 is 0 Å². The standard InChI is InChI=1S/C12H19NO2S/c1-9(2)7-13-8-11-5-4-10(16-11)6-12(14)15-3/h4-5,9,13H,6-8H2,1-3H3. The van der Waals surface area contributed by atoms with E-state index in [9.17, 15) is 4.79 Å². The molecule has 0 amide bonds. The highest BCUT2D eigenvalue weighted by molar-refractivity contribution is 7.12. The smallest absolute Gasteiger partial charge is 0.310 e. The lowest BCUT2D eigenvalue weighted by Crippen LogP contribution is -2.18. The third-order valence-electron chi connectivity index (χ3n) is 2.12. The SMILES string of the molecule is COC(=O)Cc1ccc(CNCC(C)C)s1. The molecule has 0 aliphatic heterocycles. The van der Waals surface area contributed by atoms with Crippen LogP contribution >= 0.6 is 11.3 Å². The molecule has 16 heavy (non-hydrogen) atoms. The van der Waals surface area contributed by atoms with Crippen molar-refractivity contribution in [1.29, 1.82) is 0 Å². The number of nitrogens with one attached hydrogen (secondary N) is 1. The molecule has 3 nitrogen and oxygen atoms in total. The molecule has 0 atom stereocenters. The number of hydrogen-bond donors (Lipinski definition) is 1. The van der Waals surface area contributed by atoms with Gasteiger partial charge in [-0.25, -0.2) is 0 Å². The largest absolute Gasteiger partial charge is 0.469 e. The molecule has 0 aliphatic rings. The van der Waals surface area contributed by atoms with Crippen molar-refractivity contribution in [1.82, 2.24) is 5.32 Å². The van der Waals surface area contributed by atoms with E-state index in [1.165, 1.54) is 12.0 Å². The van der Waals surface area contributed by atoms with Crippen molar-refractivity contribution in [3.63, 3.8) is 0 Å². The third kappa shape index (κ3) is 4.77. The molecule has 0 spiro atoms. The zero-order chi connectivity index (χ0) is 12.0. The first-order chi connectivity index (χ1) is 7.61. The summed E-state index contributed by atoms with van der Waals surface area (Å²) in [7, 11) is 1.42. The van der Waals surface area contributed by atoms with Crippen molar-refractivity contribution in [2.24, 2.45) is 5.92 Å². The van der Waals surface area contributed by atoms with Gasteiger partial charge in [0.15, 0.2) is 0 Å². The minimum atomic E-state index is -0.177. The van der Waals surface area contributed by atoms with Crippen LogP contribution in [0.15, 0.2) is 12.1 Å². The molecule has 1 heterocycles. The van der Waals surface area contributed by atoms with Gasteiger partial charge in [0.25, 0.3) is 0 Å². The molecule has 0 aliphatic carbocycles. The predicted octanol–water partition coefficient (Wildman–Crippen LogP) is 2.21. The summed E-state index contributed by atoms with van der Waals surface area (Å²) in [4.78, 5) is 13.4. The van der Waals surface area contributed by atoms with E-state index in [0.29, 0.717) is 12.3 Å². The molecule has 0 fully saturated rings. The molecule has 1 N–H and O–H groups in total. The van der Waals surface area contributed by atoms with E-state index in [4.69, 9.17) is 0 Å². The topological polar surface area (TPSA) is 38.3 Å². The lowest BCUT2D eigenvalue weighted by atomic mass is 10.2. The maximum atomic E-state index is 11.1. The van der Waals surface area contributed by atoms with Crippen molar-refractivity contribution in [3.05, 3.63) is 21.9 Å². The van der Waals surface area contributed by atoms with Crippen molar-refractivity contribution in [2.75, 3.05) is 13.7 Å². The maximum Gasteiger partial charge on any atom is 0.310 e. The van der Waals surface area contributed by atoms with Crippen LogP contribution in [-0.2, 0) is 22.5 Å². The maximum absolute atomic E-state index is 11.1. The first-order valence-corrected chi connectivity index (χ1v) is 6.28. The van der Waals surface area contributed by atoms with Gasteiger partial charge in [-0.3, -0.25) is 4.79 Å². The fourth-order valence-corrected chi connectivity index (χ4v) is 2.28. The van der Waals surface area contributed by atoms with Crippen LogP contribution in [0.5, 0.6) is 0 Å². The third-order valence-corrected chi connectivity index (χ3v) is 3.20. The molecule has 0 aromatic carbocycles. The van der Waals surface area contributed by atoms with Crippen LogP contribution in [-0.4, -0.2) is 19.6 Å². The number of esters is 1. The summed E-state index contributed by atoms with van der Waals surface area (Å²) in [5, 5.41) is 3.38. The molecule has 1 rings (SSSR count). The van der Waals surface area contributed by atoms with Crippen molar-refractivity contribution < 1.29 is 9.53 Å². The van der Waals surface area contributed by atoms with E-state index in [0.717, 1.165) is 18.0 Å². The summed E-state index contributed by atoms with van der Waals surface area (Å²) in [6.07, 6.45) is 0.380. The molecule has 0 saturated carbocycles.